The van der Waals surface area contributed by atoms with E-state index in [-0.39, 0.29) is 51.3 Å². The second-order valence-corrected chi connectivity index (χ2v) is 20.0. The number of carbonyl (C=O) groups excluding carboxylic acids is 3. The summed E-state index contributed by atoms with van der Waals surface area (Å²) in [6.45, 7) is 10.7. The van der Waals surface area contributed by atoms with E-state index >= 15 is 0 Å². The van der Waals surface area contributed by atoms with Crippen LogP contribution >= 0.6 is 36.2 Å². The van der Waals surface area contributed by atoms with Crippen LogP contribution in [0, 0.1) is 23.3 Å². The van der Waals surface area contributed by atoms with Gasteiger partial charge in [0.2, 0.25) is 0 Å². The summed E-state index contributed by atoms with van der Waals surface area (Å²) in [7, 11) is -0.0689. The maximum atomic E-state index is 12.6. The third-order valence-corrected chi connectivity index (χ3v) is 13.3. The van der Waals surface area contributed by atoms with Crippen LogP contribution in [0.4, 0.5) is 17.6 Å². The molecule has 7 N–H and O–H groups in total. The normalized spacial score (nSPS) is 15.4. The lowest BCUT2D eigenvalue weighted by Gasteiger charge is -2.19. The molecule has 0 spiro atoms. The number of esters is 3. The van der Waals surface area contributed by atoms with Gasteiger partial charge in [-0.1, -0.05) is 6.58 Å². The first-order valence-electron chi connectivity index (χ1n) is 20.1. The van der Waals surface area contributed by atoms with Gasteiger partial charge < -0.3 is 50.0 Å². The number of thiol groups is 1. The first-order valence-corrected chi connectivity index (χ1v) is 24.1. The summed E-state index contributed by atoms with van der Waals surface area (Å²) in [5.41, 5.74) is -5.85. The highest BCUT2D eigenvalue weighted by atomic mass is 32.2. The number of halogens is 4. The zero-order valence-corrected chi connectivity index (χ0v) is 43.5. The molecule has 400 valence electrons. The molecule has 0 aromatic heterocycles. The molecule has 1 saturated heterocycles. The Bertz CT molecular complexity index is 2430. The van der Waals surface area contributed by atoms with Gasteiger partial charge in [-0.15, -0.1) is 36.2 Å². The summed E-state index contributed by atoms with van der Waals surface area (Å²) >= 11 is 6.39. The lowest BCUT2D eigenvalue weighted by molar-refractivity contribution is -0.158. The van der Waals surface area contributed by atoms with Gasteiger partial charge in [0.05, 0.1) is 38.6 Å². The van der Waals surface area contributed by atoms with Crippen LogP contribution in [-0.2, 0) is 52.8 Å². The predicted octanol–water partition coefficient (Wildman–Crippen LogP) is 6.00. The molecular formula is C47H58F4O17S4. The standard InChI is InChI=1S/C11H13FO3S.C10H11FO5S.C10H11FO3S.C6H5FS.C5H8O3.C5H8O2.H2O/c1-11(14,10(13)15-2)7-16-9-5-3-8(12)4-6-9;1-10(14,9(12)13)6-17(15,16)8-4-2-7(11)3-5-8;1-10(14,9(12)13)6-15-8-4-2-7(11)3-5-8;7-5-1-3-6(8)4-2-5;1-5(3-8-5)4(6)7-2;1-4(2)5(6)7-3;/h3-6,14H,7H2,1-2H3;2-5,14H,6H2,1H3,(H,12,13);2-5,14H,6H2,1H3,(H,12,13);1-4,8H;3H2,1-2H3;1H2,2-3H3;1H2. The maximum Gasteiger partial charge on any atom is 0.340 e. The fourth-order valence-electron chi connectivity index (χ4n) is 4.06. The number of carboxylic acids is 2. The number of hydrogen-bond donors (Lipinski definition) is 6. The fraction of sp³-hybridized carbons (Fsp3) is 0.340. The van der Waals surface area contributed by atoms with Crippen molar-refractivity contribution in [3.63, 3.8) is 0 Å². The Morgan fingerprint density at radius 1 is 0.667 bits per heavy atom. The molecule has 1 aliphatic heterocycles. The maximum absolute atomic E-state index is 12.6. The van der Waals surface area contributed by atoms with Gasteiger partial charge in [0.25, 0.3) is 0 Å². The second-order valence-electron chi connectivity index (χ2n) is 15.4. The van der Waals surface area contributed by atoms with Crippen LogP contribution in [0.25, 0.3) is 0 Å². The molecule has 4 aromatic rings. The van der Waals surface area contributed by atoms with Crippen LogP contribution in [0.2, 0.25) is 0 Å². The fourth-order valence-corrected chi connectivity index (χ4v) is 7.59. The van der Waals surface area contributed by atoms with Gasteiger partial charge in [0, 0.05) is 31.8 Å². The van der Waals surface area contributed by atoms with E-state index in [0.717, 1.165) is 45.9 Å². The Kier molecular flexibility index (Phi) is 30.3. The average molecular weight is 1100 g/mol. The summed E-state index contributed by atoms with van der Waals surface area (Å²) in [6.07, 6.45) is 0. The van der Waals surface area contributed by atoms with Crippen molar-refractivity contribution in [3.8, 4) is 0 Å². The number of methoxy groups -OCH3 is 3. The SMILES string of the molecule is C=C(C)C(=O)OC.CC(O)(CS(=O)(=O)c1ccc(F)cc1)C(=O)O.CC(O)(CSc1ccc(F)cc1)C(=O)O.COC(=O)C(C)(O)CSc1ccc(F)cc1.COC(=O)C1(C)CO1.Fc1ccc(S)cc1.O. The third kappa shape index (κ3) is 27.4. The van der Waals surface area contributed by atoms with Crippen LogP contribution < -0.4 is 0 Å². The van der Waals surface area contributed by atoms with E-state index in [4.69, 9.17) is 14.9 Å². The molecule has 1 fully saturated rings. The molecule has 72 heavy (non-hydrogen) atoms. The number of benzene rings is 4. The molecular weight excluding hydrogens is 1040 g/mol. The number of epoxide rings is 1. The number of aliphatic carboxylic acids is 2. The Morgan fingerprint density at radius 2 is 1.01 bits per heavy atom. The molecule has 0 aliphatic carbocycles. The van der Waals surface area contributed by atoms with E-state index in [1.165, 1.54) is 107 Å². The van der Waals surface area contributed by atoms with E-state index in [2.05, 4.69) is 33.4 Å². The topological polar surface area (TPSA) is 292 Å². The van der Waals surface area contributed by atoms with E-state index < -0.39 is 61.7 Å². The minimum atomic E-state index is -3.98. The summed E-state index contributed by atoms with van der Waals surface area (Å²) in [5.74, 6) is -6.48. The second kappa shape index (κ2) is 31.8. The molecule has 17 nitrogen and oxygen atoms in total. The van der Waals surface area contributed by atoms with E-state index in [1.807, 2.05) is 0 Å². The quantitative estimate of drug-likeness (QED) is 0.0123. The minimum absolute atomic E-state index is 0. The first kappa shape index (κ1) is 68.6. The zero-order chi connectivity index (χ0) is 55.0. The van der Waals surface area contributed by atoms with Crippen LogP contribution in [-0.4, -0.2) is 137 Å². The van der Waals surface area contributed by atoms with Gasteiger partial charge in [-0.2, -0.15) is 0 Å². The molecule has 0 saturated carbocycles. The number of aliphatic hydroxyl groups is 3. The van der Waals surface area contributed by atoms with Crippen LogP contribution in [0.3, 0.4) is 0 Å². The Hall–Kier alpha value is -5.51. The van der Waals surface area contributed by atoms with Crippen molar-refractivity contribution in [2.75, 3.05) is 45.2 Å². The van der Waals surface area contributed by atoms with Crippen molar-refractivity contribution < 1.29 is 99.9 Å². The summed E-state index contributed by atoms with van der Waals surface area (Å²) in [6, 6.07) is 21.4. The van der Waals surface area contributed by atoms with Crippen molar-refractivity contribution in [1.29, 1.82) is 0 Å². The average Bonchev–Trinajstić information content (AvgIpc) is 4.07. The van der Waals surface area contributed by atoms with Gasteiger partial charge in [0.15, 0.2) is 32.2 Å². The highest BCUT2D eigenvalue weighted by Gasteiger charge is 2.48. The van der Waals surface area contributed by atoms with E-state index in [1.54, 1.807) is 38.1 Å². The Morgan fingerprint density at radius 3 is 1.28 bits per heavy atom. The van der Waals surface area contributed by atoms with Gasteiger partial charge in [0.1, 0.15) is 23.3 Å². The predicted molar refractivity (Wildman–Crippen MR) is 262 cm³/mol. The first-order chi connectivity index (χ1) is 32.7. The van der Waals surface area contributed by atoms with E-state index in [0.29, 0.717) is 12.2 Å². The van der Waals surface area contributed by atoms with Crippen molar-refractivity contribution in [2.45, 2.75) is 76.6 Å². The van der Waals surface area contributed by atoms with Crippen LogP contribution in [0.15, 0.2) is 129 Å². The van der Waals surface area contributed by atoms with Crippen molar-refractivity contribution in [3.05, 3.63) is 132 Å². The number of thioether (sulfide) groups is 2. The number of carboxylic acid groups (broad SMARTS) is 2. The highest BCUT2D eigenvalue weighted by molar-refractivity contribution is 7.99. The van der Waals surface area contributed by atoms with Gasteiger partial charge >= 0.3 is 29.8 Å². The third-order valence-electron chi connectivity index (χ3n) is 8.41. The lowest BCUT2D eigenvalue weighted by Crippen LogP contribution is -2.41. The minimum Gasteiger partial charge on any atom is -0.479 e. The monoisotopic (exact) mass is 1100 g/mol. The smallest absolute Gasteiger partial charge is 0.340 e. The molecule has 1 aliphatic rings. The molecule has 0 radical (unpaired) electrons. The molecule has 4 aromatic carbocycles. The van der Waals surface area contributed by atoms with Crippen LogP contribution in [0.1, 0.15) is 34.6 Å². The largest absolute Gasteiger partial charge is 0.479 e. The van der Waals surface area contributed by atoms with E-state index in [9.17, 15) is 65.3 Å². The van der Waals surface area contributed by atoms with Crippen LogP contribution in [0.5, 0.6) is 0 Å². The van der Waals surface area contributed by atoms with Crippen molar-refractivity contribution >= 4 is 75.8 Å². The number of sulfone groups is 1. The Balaban J connectivity index is 0. The highest BCUT2D eigenvalue weighted by Crippen LogP contribution is 2.27. The number of hydrogen-bond acceptors (Lipinski definition) is 17. The molecule has 4 atom stereocenters. The van der Waals surface area contributed by atoms with Gasteiger partial charge in [-0.05, 0) is 132 Å². The van der Waals surface area contributed by atoms with Gasteiger partial charge in [-0.25, -0.2) is 50.0 Å². The summed E-state index contributed by atoms with van der Waals surface area (Å²) < 4.78 is 91.2. The molecule has 0 bridgehead atoms. The van der Waals surface area contributed by atoms with Crippen molar-refractivity contribution in [1.82, 2.24) is 0 Å². The molecule has 4 unspecified atom stereocenters. The molecule has 5 rings (SSSR count). The summed E-state index contributed by atoms with van der Waals surface area (Å²) in [4.78, 5) is 55.1. The number of carbonyl (C=O) groups is 5. The number of rotatable bonds is 14. The summed E-state index contributed by atoms with van der Waals surface area (Å²) in [5, 5.41) is 45.8. The molecule has 25 heteroatoms. The Labute approximate surface area is 428 Å². The number of ether oxygens (including phenoxy) is 4. The van der Waals surface area contributed by atoms with Gasteiger partial charge in [-0.3, -0.25) is 0 Å². The molecule has 1 heterocycles. The van der Waals surface area contributed by atoms with Crippen molar-refractivity contribution in [2.24, 2.45) is 0 Å². The zero-order valence-electron chi connectivity index (χ0n) is 40.2. The lowest BCUT2D eigenvalue weighted by atomic mass is 10.1. The molecule has 0 amide bonds.